The van der Waals surface area contributed by atoms with E-state index in [0.717, 1.165) is 38.5 Å². The Morgan fingerprint density at radius 3 is 1.98 bits per heavy atom. The average molecular weight is 647 g/mol. The van der Waals surface area contributed by atoms with Crippen molar-refractivity contribution in [2.45, 2.75) is 168 Å². The fourth-order valence-corrected chi connectivity index (χ4v) is 9.67. The van der Waals surface area contributed by atoms with Crippen molar-refractivity contribution >= 4 is 22.6 Å². The van der Waals surface area contributed by atoms with Crippen molar-refractivity contribution in [2.24, 2.45) is 17.3 Å². The third-order valence-electron chi connectivity index (χ3n) is 11.7. The van der Waals surface area contributed by atoms with Crippen LogP contribution in [0.3, 0.4) is 0 Å². The van der Waals surface area contributed by atoms with Gasteiger partial charge in [-0.25, -0.2) is 4.79 Å². The van der Waals surface area contributed by atoms with E-state index in [2.05, 4.69) is 99.8 Å². The van der Waals surface area contributed by atoms with E-state index in [1.165, 1.54) is 31.4 Å². The molecule has 0 spiro atoms. The number of carbonyl (C=O) groups is 1. The Hall–Kier alpha value is -0.996. The molecule has 5 atom stereocenters. The Bertz CT molecular complexity index is 1090. The summed E-state index contributed by atoms with van der Waals surface area (Å²) in [7, 11) is -3.82. The molecular weight excluding hydrogens is 581 g/mol. The van der Waals surface area contributed by atoms with E-state index in [4.69, 9.17) is 13.6 Å². The van der Waals surface area contributed by atoms with Crippen LogP contribution >= 0.6 is 0 Å². The van der Waals surface area contributed by atoms with Crippen LogP contribution in [0, 0.1) is 17.3 Å². The minimum Gasteiger partial charge on any atom is -0.463 e. The summed E-state index contributed by atoms with van der Waals surface area (Å²) in [5.41, 5.74) is 3.03. The summed E-state index contributed by atoms with van der Waals surface area (Å²) < 4.78 is 19.6. The van der Waals surface area contributed by atoms with Crippen molar-refractivity contribution < 1.29 is 23.5 Å². The van der Waals surface area contributed by atoms with Gasteiger partial charge in [0.25, 0.3) is 0 Å². The molecule has 252 valence electrons. The van der Waals surface area contributed by atoms with Crippen LogP contribution in [0.25, 0.3) is 0 Å². The molecule has 1 N–H and O–H groups in total. The smallest absolute Gasteiger partial charge is 0.337 e. The zero-order chi connectivity index (χ0) is 33.5. The van der Waals surface area contributed by atoms with E-state index in [0.29, 0.717) is 12.5 Å². The minimum atomic E-state index is -1.91. The number of aliphatic hydroxyl groups is 1. The first-order chi connectivity index (χ1) is 19.9. The largest absolute Gasteiger partial charge is 0.463 e. The molecule has 0 aromatic heterocycles. The molecule has 2 fully saturated rings. The molecule has 5 nitrogen and oxygen atoms in total. The van der Waals surface area contributed by atoms with Gasteiger partial charge >= 0.3 is 5.97 Å². The van der Waals surface area contributed by atoms with Crippen molar-refractivity contribution in [3.8, 4) is 0 Å². The molecule has 0 saturated heterocycles. The van der Waals surface area contributed by atoms with Crippen molar-refractivity contribution in [3.63, 3.8) is 0 Å². The van der Waals surface area contributed by atoms with Crippen LogP contribution in [0.15, 0.2) is 34.9 Å². The van der Waals surface area contributed by atoms with Crippen molar-refractivity contribution in [2.75, 3.05) is 6.61 Å². The lowest BCUT2D eigenvalue weighted by atomic mass is 9.62. The molecule has 0 radical (unpaired) electrons. The maximum atomic E-state index is 12.2. The molecule has 0 amide bonds. The molecule has 2 saturated carbocycles. The van der Waals surface area contributed by atoms with E-state index in [9.17, 15) is 9.90 Å². The van der Waals surface area contributed by atoms with Gasteiger partial charge < -0.3 is 18.7 Å². The third-order valence-corrected chi connectivity index (χ3v) is 20.7. The molecule has 3 aliphatic carbocycles. The van der Waals surface area contributed by atoms with Gasteiger partial charge in [-0.3, -0.25) is 0 Å². The summed E-state index contributed by atoms with van der Waals surface area (Å²) in [6.07, 6.45) is 15.2. The standard InChI is InChI=1S/C37H66O5Si2/c1-26(25-40-33(38)36(8,9)39)31-19-20-32-28(16-15-21-37(31,32)10)18-17-27-22-29(41-43(11,12)34(2,3)4)24-30(23-27)42-44(13,14)35(5,6)7/h17-19,26,29-30,32,39H,15-16,20-25H2,1-14H3/t26-,29+,30+,32?,37+/m0/s1. The topological polar surface area (TPSA) is 65.0 Å². The Morgan fingerprint density at radius 2 is 1.50 bits per heavy atom. The van der Waals surface area contributed by atoms with Gasteiger partial charge in [-0.1, -0.05) is 90.3 Å². The number of allylic oxidation sites excluding steroid dienone is 4. The number of ether oxygens (including phenoxy) is 1. The molecular formula is C37H66O5Si2. The number of esters is 1. The van der Waals surface area contributed by atoms with Crippen molar-refractivity contribution in [1.82, 2.24) is 0 Å². The zero-order valence-corrected chi connectivity index (χ0v) is 32.8. The van der Waals surface area contributed by atoms with Crippen LogP contribution in [-0.4, -0.2) is 52.1 Å². The second-order valence-electron chi connectivity index (χ2n) is 18.0. The lowest BCUT2D eigenvalue weighted by Gasteiger charge is -2.45. The van der Waals surface area contributed by atoms with E-state index < -0.39 is 28.2 Å². The molecule has 0 bridgehead atoms. The van der Waals surface area contributed by atoms with Crippen LogP contribution in [0.5, 0.6) is 0 Å². The van der Waals surface area contributed by atoms with Crippen LogP contribution in [0.4, 0.5) is 0 Å². The Balaban J connectivity index is 1.82. The first-order valence-electron chi connectivity index (χ1n) is 17.2. The molecule has 3 aliphatic rings. The SMILES string of the molecule is C[C@@H](COC(=O)C(C)(C)O)C1=CCC2C(=CC=C3C[C@@H](O[Si](C)(C)C(C)(C)C)C[C@H](O[Si](C)(C)C(C)(C)C)C3)CCC[C@]12C. The summed E-state index contributed by atoms with van der Waals surface area (Å²) >= 11 is 0. The highest BCUT2D eigenvalue weighted by atomic mass is 28.4. The van der Waals surface area contributed by atoms with Crippen molar-refractivity contribution in [3.05, 3.63) is 34.9 Å². The van der Waals surface area contributed by atoms with E-state index in [-0.39, 0.29) is 33.6 Å². The molecule has 0 heterocycles. The predicted molar refractivity (Wildman–Crippen MR) is 189 cm³/mol. The maximum Gasteiger partial charge on any atom is 0.337 e. The van der Waals surface area contributed by atoms with Crippen LogP contribution in [-0.2, 0) is 18.4 Å². The van der Waals surface area contributed by atoms with Gasteiger partial charge in [0.05, 0.1) is 18.8 Å². The normalized spacial score (nSPS) is 28.9. The first-order valence-corrected chi connectivity index (χ1v) is 23.0. The summed E-state index contributed by atoms with van der Waals surface area (Å²) in [5, 5.41) is 10.4. The highest BCUT2D eigenvalue weighted by Gasteiger charge is 2.47. The second-order valence-corrected chi connectivity index (χ2v) is 27.5. The minimum absolute atomic E-state index is 0.0810. The lowest BCUT2D eigenvalue weighted by molar-refractivity contribution is -0.162. The molecule has 0 aromatic rings. The highest BCUT2D eigenvalue weighted by Crippen LogP contribution is 2.56. The van der Waals surface area contributed by atoms with Crippen LogP contribution in [0.1, 0.15) is 114 Å². The zero-order valence-electron chi connectivity index (χ0n) is 30.8. The second kappa shape index (κ2) is 13.3. The Labute approximate surface area is 272 Å². The van der Waals surface area contributed by atoms with Gasteiger partial charge in [0.1, 0.15) is 0 Å². The maximum absolute atomic E-state index is 12.2. The quantitative estimate of drug-likeness (QED) is 0.153. The van der Waals surface area contributed by atoms with Gasteiger partial charge in [0.15, 0.2) is 22.2 Å². The average Bonchev–Trinajstić information content (AvgIpc) is 3.20. The number of hydrogen-bond acceptors (Lipinski definition) is 5. The number of hydrogen-bond donors (Lipinski definition) is 1. The molecule has 44 heavy (non-hydrogen) atoms. The van der Waals surface area contributed by atoms with Crippen molar-refractivity contribution in [1.29, 1.82) is 0 Å². The van der Waals surface area contributed by atoms with Gasteiger partial charge in [0, 0.05) is 5.92 Å². The highest BCUT2D eigenvalue weighted by molar-refractivity contribution is 6.74. The summed E-state index contributed by atoms with van der Waals surface area (Å²) in [6.45, 7) is 31.3. The number of rotatable bonds is 9. The van der Waals surface area contributed by atoms with E-state index in [1.807, 2.05) is 0 Å². The molecule has 3 rings (SSSR count). The third kappa shape index (κ3) is 8.67. The van der Waals surface area contributed by atoms with Gasteiger partial charge in [-0.05, 0) is 106 Å². The fraction of sp³-hybridized carbons (Fsp3) is 0.811. The summed E-state index contributed by atoms with van der Waals surface area (Å²) in [6, 6.07) is 0. The van der Waals surface area contributed by atoms with Gasteiger partial charge in [-0.2, -0.15) is 0 Å². The number of carbonyl (C=O) groups excluding carboxylic acids is 1. The summed E-state index contributed by atoms with van der Waals surface area (Å²) in [4.78, 5) is 12.2. The Kier molecular flexibility index (Phi) is 11.3. The van der Waals surface area contributed by atoms with Gasteiger partial charge in [0.2, 0.25) is 0 Å². The van der Waals surface area contributed by atoms with Crippen LogP contribution in [0.2, 0.25) is 36.3 Å². The fourth-order valence-electron chi connectivity index (χ4n) is 6.94. The lowest BCUT2D eigenvalue weighted by Crippen LogP contribution is -2.48. The molecule has 1 unspecified atom stereocenters. The van der Waals surface area contributed by atoms with E-state index in [1.54, 1.807) is 5.57 Å². The summed E-state index contributed by atoms with van der Waals surface area (Å²) in [5.74, 6) is 0.0613. The number of fused-ring (bicyclic) bond motifs is 1. The predicted octanol–water partition coefficient (Wildman–Crippen LogP) is 9.89. The van der Waals surface area contributed by atoms with E-state index >= 15 is 0 Å². The molecule has 7 heteroatoms. The van der Waals surface area contributed by atoms with Crippen LogP contribution < -0.4 is 0 Å². The molecule has 0 aliphatic heterocycles. The first kappa shape index (κ1) is 37.5. The molecule has 0 aromatic carbocycles. The van der Waals surface area contributed by atoms with Gasteiger partial charge in [-0.15, -0.1) is 0 Å². The Morgan fingerprint density at radius 1 is 0.977 bits per heavy atom. The monoisotopic (exact) mass is 646 g/mol.